The molecule has 32 heavy (non-hydrogen) atoms. The highest BCUT2D eigenvalue weighted by Gasteiger charge is 2.28. The van der Waals surface area contributed by atoms with Gasteiger partial charge in [-0.05, 0) is 77.0 Å². The predicted octanol–water partition coefficient (Wildman–Crippen LogP) is 4.87. The SMILES string of the molecule is Cc1cc(CNC(=O)N(Cc2ccc(F)cc2F)C2CCN(C)CC2)ccc1OC(C)C. The number of nitrogens with zero attached hydrogens (tertiary/aromatic N) is 2. The van der Waals surface area contributed by atoms with E-state index in [4.69, 9.17) is 4.74 Å². The number of carbonyl (C=O) groups is 1. The van der Waals surface area contributed by atoms with Gasteiger partial charge in [0.25, 0.3) is 0 Å². The summed E-state index contributed by atoms with van der Waals surface area (Å²) in [5.74, 6) is -0.427. The number of rotatable bonds is 7. The van der Waals surface area contributed by atoms with E-state index < -0.39 is 11.6 Å². The molecule has 0 atom stereocenters. The molecule has 0 radical (unpaired) electrons. The Morgan fingerprint density at radius 1 is 1.19 bits per heavy atom. The summed E-state index contributed by atoms with van der Waals surface area (Å²) >= 11 is 0. The van der Waals surface area contributed by atoms with Crippen molar-refractivity contribution in [3.8, 4) is 5.75 Å². The monoisotopic (exact) mass is 445 g/mol. The van der Waals surface area contributed by atoms with Crippen LogP contribution in [0.25, 0.3) is 0 Å². The molecule has 1 N–H and O–H groups in total. The second-order valence-electron chi connectivity index (χ2n) is 8.82. The number of halogens is 2. The standard InChI is InChI=1S/C25H33F2N3O2/c1-17(2)32-24-8-5-19(13-18(24)3)15-28-25(31)30(22-9-11-29(4)12-10-22)16-20-6-7-21(26)14-23(20)27/h5-8,13-14,17,22H,9-12,15-16H2,1-4H3,(H,28,31). The minimum atomic E-state index is -0.632. The molecule has 1 aliphatic heterocycles. The van der Waals surface area contributed by atoms with E-state index in [-0.39, 0.29) is 24.7 Å². The molecule has 7 heteroatoms. The smallest absolute Gasteiger partial charge is 0.318 e. The Kier molecular flexibility index (Phi) is 8.07. The molecule has 0 unspecified atom stereocenters. The molecule has 1 aliphatic rings. The number of hydrogen-bond acceptors (Lipinski definition) is 3. The van der Waals surface area contributed by atoms with Crippen LogP contribution in [0.2, 0.25) is 0 Å². The Morgan fingerprint density at radius 2 is 1.91 bits per heavy atom. The van der Waals surface area contributed by atoms with Gasteiger partial charge in [-0.1, -0.05) is 18.2 Å². The molecular formula is C25H33F2N3O2. The second kappa shape index (κ2) is 10.8. The second-order valence-corrected chi connectivity index (χ2v) is 8.82. The largest absolute Gasteiger partial charge is 0.491 e. The van der Waals surface area contributed by atoms with Gasteiger partial charge in [0.2, 0.25) is 0 Å². The van der Waals surface area contributed by atoms with Crippen LogP contribution in [-0.4, -0.2) is 48.1 Å². The van der Waals surface area contributed by atoms with Crippen LogP contribution in [0.4, 0.5) is 13.6 Å². The van der Waals surface area contributed by atoms with Crippen LogP contribution in [0, 0.1) is 18.6 Å². The number of benzene rings is 2. The predicted molar refractivity (Wildman–Crippen MR) is 122 cm³/mol. The normalized spacial score (nSPS) is 15.1. The number of piperidine rings is 1. The number of hydrogen-bond donors (Lipinski definition) is 1. The van der Waals surface area contributed by atoms with Gasteiger partial charge in [0.05, 0.1) is 12.6 Å². The molecule has 2 amide bonds. The summed E-state index contributed by atoms with van der Waals surface area (Å²) < 4.78 is 33.4. The molecule has 0 bridgehead atoms. The molecule has 0 saturated carbocycles. The average Bonchev–Trinajstić information content (AvgIpc) is 2.74. The lowest BCUT2D eigenvalue weighted by molar-refractivity contribution is 0.126. The average molecular weight is 446 g/mol. The van der Waals surface area contributed by atoms with Crippen molar-refractivity contribution in [2.24, 2.45) is 0 Å². The maximum atomic E-state index is 14.3. The Balaban J connectivity index is 1.71. The van der Waals surface area contributed by atoms with E-state index in [1.807, 2.05) is 39.0 Å². The zero-order valence-corrected chi connectivity index (χ0v) is 19.3. The summed E-state index contributed by atoms with van der Waals surface area (Å²) in [5, 5.41) is 2.98. The number of urea groups is 1. The zero-order chi connectivity index (χ0) is 23.3. The van der Waals surface area contributed by atoms with Crippen LogP contribution in [0.5, 0.6) is 5.75 Å². The number of likely N-dealkylation sites (tertiary alicyclic amines) is 1. The van der Waals surface area contributed by atoms with E-state index >= 15 is 0 Å². The maximum absolute atomic E-state index is 14.3. The van der Waals surface area contributed by atoms with E-state index in [1.54, 1.807) is 4.90 Å². The van der Waals surface area contributed by atoms with Crippen molar-refractivity contribution in [2.75, 3.05) is 20.1 Å². The lowest BCUT2D eigenvalue weighted by atomic mass is 10.0. The fourth-order valence-corrected chi connectivity index (χ4v) is 3.99. The third-order valence-corrected chi connectivity index (χ3v) is 5.79. The van der Waals surface area contributed by atoms with Crippen LogP contribution in [0.15, 0.2) is 36.4 Å². The highest BCUT2D eigenvalue weighted by molar-refractivity contribution is 5.74. The molecule has 174 valence electrons. The lowest BCUT2D eigenvalue weighted by Crippen LogP contribution is -2.49. The molecule has 5 nitrogen and oxygen atoms in total. The molecule has 2 aromatic rings. The summed E-state index contributed by atoms with van der Waals surface area (Å²) in [7, 11) is 2.05. The molecular weight excluding hydrogens is 412 g/mol. The third-order valence-electron chi connectivity index (χ3n) is 5.79. The number of aryl methyl sites for hydroxylation is 1. The minimum Gasteiger partial charge on any atom is -0.491 e. The quantitative estimate of drug-likeness (QED) is 0.662. The number of carbonyl (C=O) groups excluding carboxylic acids is 1. The van der Waals surface area contributed by atoms with Crippen molar-refractivity contribution in [1.29, 1.82) is 0 Å². The lowest BCUT2D eigenvalue weighted by Gasteiger charge is -2.37. The summed E-state index contributed by atoms with van der Waals surface area (Å²) in [4.78, 5) is 17.1. The summed E-state index contributed by atoms with van der Waals surface area (Å²) in [6, 6.07) is 9.11. The molecule has 1 fully saturated rings. The highest BCUT2D eigenvalue weighted by atomic mass is 19.1. The molecule has 1 heterocycles. The van der Waals surface area contributed by atoms with Gasteiger partial charge in [0.15, 0.2) is 0 Å². The van der Waals surface area contributed by atoms with Crippen LogP contribution >= 0.6 is 0 Å². The van der Waals surface area contributed by atoms with Crippen molar-refractivity contribution in [1.82, 2.24) is 15.1 Å². The minimum absolute atomic E-state index is 0.000734. The van der Waals surface area contributed by atoms with Crippen molar-refractivity contribution in [3.05, 3.63) is 64.7 Å². The Morgan fingerprint density at radius 3 is 2.53 bits per heavy atom. The third kappa shape index (κ3) is 6.42. The van der Waals surface area contributed by atoms with Gasteiger partial charge in [-0.15, -0.1) is 0 Å². The molecule has 2 aromatic carbocycles. The summed E-state index contributed by atoms with van der Waals surface area (Å²) in [6.45, 7) is 8.15. The van der Waals surface area contributed by atoms with Crippen molar-refractivity contribution >= 4 is 6.03 Å². The zero-order valence-electron chi connectivity index (χ0n) is 19.3. The van der Waals surface area contributed by atoms with Crippen molar-refractivity contribution in [2.45, 2.75) is 58.8 Å². The van der Waals surface area contributed by atoms with Gasteiger partial charge >= 0.3 is 6.03 Å². The first-order valence-corrected chi connectivity index (χ1v) is 11.2. The van der Waals surface area contributed by atoms with Crippen LogP contribution in [-0.2, 0) is 13.1 Å². The Bertz CT molecular complexity index is 927. The Labute approximate surface area is 189 Å². The van der Waals surface area contributed by atoms with E-state index in [0.29, 0.717) is 12.1 Å². The van der Waals surface area contributed by atoms with Gasteiger partial charge in [-0.2, -0.15) is 0 Å². The number of nitrogens with one attached hydrogen (secondary N) is 1. The summed E-state index contributed by atoms with van der Waals surface area (Å²) in [6.07, 6.45) is 1.72. The Hall–Kier alpha value is -2.67. The summed E-state index contributed by atoms with van der Waals surface area (Å²) in [5.41, 5.74) is 2.28. The van der Waals surface area contributed by atoms with Crippen LogP contribution in [0.1, 0.15) is 43.4 Å². The van der Waals surface area contributed by atoms with E-state index in [9.17, 15) is 13.6 Å². The first-order chi connectivity index (χ1) is 15.2. The molecule has 1 saturated heterocycles. The van der Waals surface area contributed by atoms with Gasteiger partial charge < -0.3 is 19.9 Å². The van der Waals surface area contributed by atoms with Crippen LogP contribution < -0.4 is 10.1 Å². The first kappa shape index (κ1) is 24.0. The number of amides is 2. The van der Waals surface area contributed by atoms with E-state index in [0.717, 1.165) is 48.9 Å². The maximum Gasteiger partial charge on any atom is 0.318 e. The van der Waals surface area contributed by atoms with Crippen LogP contribution in [0.3, 0.4) is 0 Å². The van der Waals surface area contributed by atoms with Crippen molar-refractivity contribution < 1.29 is 18.3 Å². The van der Waals surface area contributed by atoms with Gasteiger partial charge in [-0.3, -0.25) is 0 Å². The number of ether oxygens (including phenoxy) is 1. The molecule has 0 spiro atoms. The molecule has 0 aromatic heterocycles. The molecule has 0 aliphatic carbocycles. The topological polar surface area (TPSA) is 44.8 Å². The van der Waals surface area contributed by atoms with Crippen molar-refractivity contribution in [3.63, 3.8) is 0 Å². The molecule has 3 rings (SSSR count). The first-order valence-electron chi connectivity index (χ1n) is 11.2. The fourth-order valence-electron chi connectivity index (χ4n) is 3.99. The highest BCUT2D eigenvalue weighted by Crippen LogP contribution is 2.22. The van der Waals surface area contributed by atoms with Gasteiger partial charge in [0, 0.05) is 24.2 Å². The van der Waals surface area contributed by atoms with Gasteiger partial charge in [-0.25, -0.2) is 13.6 Å². The van der Waals surface area contributed by atoms with E-state index in [2.05, 4.69) is 17.3 Å². The fraction of sp³-hybridized carbons (Fsp3) is 0.480. The van der Waals surface area contributed by atoms with E-state index in [1.165, 1.54) is 12.1 Å². The van der Waals surface area contributed by atoms with Gasteiger partial charge in [0.1, 0.15) is 17.4 Å².